The third kappa shape index (κ3) is 3.07. The highest BCUT2D eigenvalue weighted by atomic mass is 32.1. The third-order valence-corrected chi connectivity index (χ3v) is 3.50. The Morgan fingerprint density at radius 3 is 2.24 bits per heavy atom. The first-order chi connectivity index (χ1) is 7.95. The molecule has 0 fully saturated rings. The number of nitrogens with zero attached hydrogens (tertiary/aromatic N) is 1. The SMILES string of the molecule is Cc1csc(Nc2ccc(C(C)(C)C)cc2)n1. The topological polar surface area (TPSA) is 24.9 Å². The zero-order chi connectivity index (χ0) is 12.5. The molecule has 0 unspecified atom stereocenters. The van der Waals surface area contributed by atoms with Gasteiger partial charge < -0.3 is 5.32 Å². The van der Waals surface area contributed by atoms with Gasteiger partial charge in [-0.3, -0.25) is 0 Å². The average Bonchev–Trinajstić information content (AvgIpc) is 2.63. The second kappa shape index (κ2) is 4.49. The molecule has 0 bridgehead atoms. The largest absolute Gasteiger partial charge is 0.332 e. The van der Waals surface area contributed by atoms with Crippen LogP contribution in [0.5, 0.6) is 0 Å². The minimum Gasteiger partial charge on any atom is -0.332 e. The average molecular weight is 246 g/mol. The molecular formula is C14H18N2S. The van der Waals surface area contributed by atoms with Crippen LogP contribution in [0.15, 0.2) is 29.6 Å². The van der Waals surface area contributed by atoms with E-state index in [1.54, 1.807) is 11.3 Å². The maximum absolute atomic E-state index is 4.38. The van der Waals surface area contributed by atoms with Crippen LogP contribution in [0.25, 0.3) is 0 Å². The summed E-state index contributed by atoms with van der Waals surface area (Å²) in [5.41, 5.74) is 3.70. The zero-order valence-electron chi connectivity index (χ0n) is 10.7. The smallest absolute Gasteiger partial charge is 0.187 e. The third-order valence-electron chi connectivity index (χ3n) is 2.62. The number of hydrogen-bond donors (Lipinski definition) is 1. The standard InChI is InChI=1S/C14H18N2S/c1-10-9-17-13(15-10)16-12-7-5-11(6-8-12)14(2,3)4/h5-9H,1-4H3,(H,15,16). The lowest BCUT2D eigenvalue weighted by Gasteiger charge is -2.19. The van der Waals surface area contributed by atoms with Crippen LogP contribution < -0.4 is 5.32 Å². The van der Waals surface area contributed by atoms with E-state index in [0.29, 0.717) is 0 Å². The van der Waals surface area contributed by atoms with Gasteiger partial charge in [0.25, 0.3) is 0 Å². The number of aromatic nitrogens is 1. The number of rotatable bonds is 2. The van der Waals surface area contributed by atoms with Crippen molar-refractivity contribution in [1.82, 2.24) is 4.98 Å². The summed E-state index contributed by atoms with van der Waals surface area (Å²) in [5.74, 6) is 0. The van der Waals surface area contributed by atoms with E-state index in [4.69, 9.17) is 0 Å². The molecule has 0 saturated heterocycles. The van der Waals surface area contributed by atoms with Gasteiger partial charge in [0.15, 0.2) is 5.13 Å². The fourth-order valence-corrected chi connectivity index (χ4v) is 2.30. The Bertz CT molecular complexity index is 492. The van der Waals surface area contributed by atoms with E-state index in [0.717, 1.165) is 16.5 Å². The molecule has 2 nitrogen and oxygen atoms in total. The number of benzene rings is 1. The second-order valence-electron chi connectivity index (χ2n) is 5.25. The molecule has 1 heterocycles. The lowest BCUT2D eigenvalue weighted by atomic mass is 9.87. The maximum atomic E-state index is 4.38. The second-order valence-corrected chi connectivity index (χ2v) is 6.10. The first-order valence-corrected chi connectivity index (χ1v) is 6.63. The van der Waals surface area contributed by atoms with E-state index in [9.17, 15) is 0 Å². The molecule has 0 amide bonds. The predicted molar refractivity (Wildman–Crippen MR) is 75.3 cm³/mol. The van der Waals surface area contributed by atoms with Crippen LogP contribution in [0.3, 0.4) is 0 Å². The molecule has 1 aromatic carbocycles. The summed E-state index contributed by atoms with van der Waals surface area (Å²) in [6, 6.07) is 8.56. The number of nitrogens with one attached hydrogen (secondary N) is 1. The van der Waals surface area contributed by atoms with Gasteiger partial charge in [-0.25, -0.2) is 4.98 Å². The maximum Gasteiger partial charge on any atom is 0.187 e. The van der Waals surface area contributed by atoms with Gasteiger partial charge in [-0.05, 0) is 30.0 Å². The first kappa shape index (κ1) is 12.1. The summed E-state index contributed by atoms with van der Waals surface area (Å²) in [6.07, 6.45) is 0. The van der Waals surface area contributed by atoms with Crippen molar-refractivity contribution in [2.45, 2.75) is 33.1 Å². The Labute approximate surface area is 107 Å². The predicted octanol–water partition coefficient (Wildman–Crippen LogP) is 4.49. The molecule has 2 rings (SSSR count). The number of thiazole rings is 1. The monoisotopic (exact) mass is 246 g/mol. The van der Waals surface area contributed by atoms with Crippen LogP contribution in [0.2, 0.25) is 0 Å². The molecule has 90 valence electrons. The van der Waals surface area contributed by atoms with Crippen molar-refractivity contribution >= 4 is 22.2 Å². The number of aryl methyl sites for hydroxylation is 1. The Morgan fingerprint density at radius 2 is 1.76 bits per heavy atom. The molecule has 1 aromatic heterocycles. The molecule has 0 spiro atoms. The summed E-state index contributed by atoms with van der Waals surface area (Å²) in [5, 5.41) is 6.31. The lowest BCUT2D eigenvalue weighted by molar-refractivity contribution is 0.590. The van der Waals surface area contributed by atoms with E-state index < -0.39 is 0 Å². The van der Waals surface area contributed by atoms with Crippen molar-refractivity contribution < 1.29 is 0 Å². The minimum absolute atomic E-state index is 0.205. The van der Waals surface area contributed by atoms with Gasteiger partial charge >= 0.3 is 0 Å². The van der Waals surface area contributed by atoms with E-state index in [1.165, 1.54) is 5.56 Å². The van der Waals surface area contributed by atoms with Crippen molar-refractivity contribution in [3.05, 3.63) is 40.9 Å². The summed E-state index contributed by atoms with van der Waals surface area (Å²) in [4.78, 5) is 4.38. The van der Waals surface area contributed by atoms with Gasteiger partial charge in [-0.2, -0.15) is 0 Å². The molecule has 3 heteroatoms. The number of hydrogen-bond acceptors (Lipinski definition) is 3. The van der Waals surface area contributed by atoms with Crippen LogP contribution in [0, 0.1) is 6.92 Å². The Hall–Kier alpha value is -1.35. The van der Waals surface area contributed by atoms with E-state index >= 15 is 0 Å². The number of anilines is 2. The van der Waals surface area contributed by atoms with Crippen molar-refractivity contribution in [2.24, 2.45) is 0 Å². The van der Waals surface area contributed by atoms with E-state index in [-0.39, 0.29) is 5.41 Å². The van der Waals surface area contributed by atoms with Crippen LogP contribution in [0.1, 0.15) is 32.0 Å². The summed E-state index contributed by atoms with van der Waals surface area (Å²) < 4.78 is 0. The fourth-order valence-electron chi connectivity index (χ4n) is 1.59. The van der Waals surface area contributed by atoms with Gasteiger partial charge in [-0.15, -0.1) is 11.3 Å². The first-order valence-electron chi connectivity index (χ1n) is 5.75. The van der Waals surface area contributed by atoms with Crippen molar-refractivity contribution in [1.29, 1.82) is 0 Å². The van der Waals surface area contributed by atoms with Crippen LogP contribution in [-0.2, 0) is 5.41 Å². The fraction of sp³-hybridized carbons (Fsp3) is 0.357. The van der Waals surface area contributed by atoms with Crippen molar-refractivity contribution in [3.63, 3.8) is 0 Å². The Kier molecular flexibility index (Phi) is 3.20. The highest BCUT2D eigenvalue weighted by Gasteiger charge is 2.12. The van der Waals surface area contributed by atoms with Gasteiger partial charge in [-0.1, -0.05) is 32.9 Å². The normalized spacial score (nSPS) is 11.5. The summed E-state index contributed by atoms with van der Waals surface area (Å²) >= 11 is 1.63. The molecule has 0 radical (unpaired) electrons. The Morgan fingerprint density at radius 1 is 1.12 bits per heavy atom. The molecule has 0 saturated carbocycles. The molecule has 0 aliphatic carbocycles. The molecular weight excluding hydrogens is 228 g/mol. The molecule has 17 heavy (non-hydrogen) atoms. The molecule has 0 aliphatic heterocycles. The molecule has 2 aromatic rings. The molecule has 0 atom stereocenters. The quantitative estimate of drug-likeness (QED) is 0.844. The van der Waals surface area contributed by atoms with Gasteiger partial charge in [0.05, 0.1) is 5.69 Å². The van der Waals surface area contributed by atoms with Crippen molar-refractivity contribution in [3.8, 4) is 0 Å². The molecule has 0 aliphatic rings. The van der Waals surface area contributed by atoms with Crippen LogP contribution in [0.4, 0.5) is 10.8 Å². The van der Waals surface area contributed by atoms with Gasteiger partial charge in [0.1, 0.15) is 0 Å². The van der Waals surface area contributed by atoms with Gasteiger partial charge in [0.2, 0.25) is 0 Å². The summed E-state index contributed by atoms with van der Waals surface area (Å²) in [6.45, 7) is 8.67. The lowest BCUT2D eigenvalue weighted by Crippen LogP contribution is -2.10. The highest BCUT2D eigenvalue weighted by molar-refractivity contribution is 7.13. The summed E-state index contributed by atoms with van der Waals surface area (Å²) in [7, 11) is 0. The van der Waals surface area contributed by atoms with E-state index in [1.807, 2.05) is 12.3 Å². The van der Waals surface area contributed by atoms with E-state index in [2.05, 4.69) is 55.3 Å². The van der Waals surface area contributed by atoms with Gasteiger partial charge in [0, 0.05) is 11.1 Å². The van der Waals surface area contributed by atoms with Crippen LogP contribution >= 0.6 is 11.3 Å². The minimum atomic E-state index is 0.205. The zero-order valence-corrected chi connectivity index (χ0v) is 11.6. The molecule has 1 N–H and O–H groups in total. The Balaban J connectivity index is 2.13. The van der Waals surface area contributed by atoms with Crippen molar-refractivity contribution in [2.75, 3.05) is 5.32 Å². The highest BCUT2D eigenvalue weighted by Crippen LogP contribution is 2.25. The van der Waals surface area contributed by atoms with Crippen LogP contribution in [-0.4, -0.2) is 4.98 Å².